The number of esters is 1. The second kappa shape index (κ2) is 11.6. The molecule has 7 nitrogen and oxygen atoms in total. The predicted octanol–water partition coefficient (Wildman–Crippen LogP) is 8.92. The third kappa shape index (κ3) is 6.45. The number of hydrogen-bond acceptors (Lipinski definition) is 5. The molecule has 1 heterocycles. The van der Waals surface area contributed by atoms with Crippen LogP contribution in [0.4, 0.5) is 11.6 Å². The zero-order valence-electron chi connectivity index (χ0n) is 25.5. The molecule has 2 N–H and O–H groups in total. The Morgan fingerprint density at radius 3 is 2.00 bits per heavy atom. The number of nitrogens with one attached hydrogen (secondary N) is 2. The van der Waals surface area contributed by atoms with Crippen LogP contribution >= 0.6 is 0 Å². The molecule has 0 bridgehead atoms. The lowest BCUT2D eigenvalue weighted by atomic mass is 9.59. The summed E-state index contributed by atoms with van der Waals surface area (Å²) in [5, 5.41) is 6.06. The molecule has 0 saturated heterocycles. The minimum atomic E-state index is -0.585. The fourth-order valence-corrected chi connectivity index (χ4v) is 6.30. The SMILES string of the molecule is Cc1ccccc1C(=O)Nc1[nH]c(N=O)c(-c2ccccc2)c1C(=O)OC1C(C(C)(C)C)CC(C)CC1C(C)(C)C. The molecule has 218 valence electrons. The fourth-order valence-electron chi connectivity index (χ4n) is 6.30. The first-order chi connectivity index (χ1) is 19.2. The van der Waals surface area contributed by atoms with Crippen LogP contribution in [0.15, 0.2) is 59.8 Å². The van der Waals surface area contributed by atoms with Gasteiger partial charge in [-0.3, -0.25) is 4.79 Å². The number of rotatable bonds is 6. The van der Waals surface area contributed by atoms with Crippen molar-refractivity contribution in [2.24, 2.45) is 33.8 Å². The quantitative estimate of drug-likeness (QED) is 0.233. The average Bonchev–Trinajstić information content (AvgIpc) is 3.27. The van der Waals surface area contributed by atoms with E-state index in [-0.39, 0.29) is 46.0 Å². The maximum absolute atomic E-state index is 14.3. The van der Waals surface area contributed by atoms with E-state index in [1.807, 2.05) is 37.3 Å². The standard InChI is InChI=1S/C34H43N3O4/c1-20-18-24(33(3,4)5)28(25(19-20)34(6,7)8)41-32(39)27-26(22-15-10-9-11-16-22)30(37-40)35-29(27)36-31(38)23-17-13-12-14-21(23)2/h9-17,20,24-25,28,35H,18-19H2,1-8H3,(H,36,38). The first kappa shape index (κ1) is 30.2. The second-order valence-corrected chi connectivity index (χ2v) is 13.7. The number of amides is 1. The number of aromatic nitrogens is 1. The van der Waals surface area contributed by atoms with Crippen molar-refractivity contribution < 1.29 is 14.3 Å². The van der Waals surface area contributed by atoms with Crippen LogP contribution in [0.3, 0.4) is 0 Å². The highest BCUT2D eigenvalue weighted by molar-refractivity contribution is 6.12. The van der Waals surface area contributed by atoms with Gasteiger partial charge in [0.2, 0.25) is 0 Å². The highest BCUT2D eigenvalue weighted by Gasteiger charge is 2.48. The van der Waals surface area contributed by atoms with Gasteiger partial charge in [0.25, 0.3) is 5.91 Å². The normalized spacial score (nSPS) is 21.3. The van der Waals surface area contributed by atoms with Crippen molar-refractivity contribution in [3.05, 3.63) is 76.2 Å². The molecule has 2 atom stereocenters. The summed E-state index contributed by atoms with van der Waals surface area (Å²) in [4.78, 5) is 42.6. The number of carbonyl (C=O) groups is 2. The van der Waals surface area contributed by atoms with E-state index in [2.05, 4.69) is 63.9 Å². The Balaban J connectivity index is 1.83. The van der Waals surface area contributed by atoms with Gasteiger partial charge in [-0.25, -0.2) is 4.79 Å². The highest BCUT2D eigenvalue weighted by Crippen LogP contribution is 2.50. The van der Waals surface area contributed by atoms with Crippen molar-refractivity contribution >= 4 is 23.5 Å². The molecule has 1 aliphatic carbocycles. The molecule has 0 aliphatic heterocycles. The molecule has 2 aromatic carbocycles. The molecule has 0 radical (unpaired) electrons. The summed E-state index contributed by atoms with van der Waals surface area (Å²) in [6, 6.07) is 16.3. The fraction of sp³-hybridized carbons (Fsp3) is 0.471. The number of hydrogen-bond donors (Lipinski definition) is 2. The molecule has 0 spiro atoms. The number of benzene rings is 2. The third-order valence-electron chi connectivity index (χ3n) is 8.54. The molecular formula is C34H43N3O4. The van der Waals surface area contributed by atoms with Gasteiger partial charge >= 0.3 is 5.97 Å². The Kier molecular flexibility index (Phi) is 8.57. The minimum absolute atomic E-state index is 0.0414. The largest absolute Gasteiger partial charge is 0.458 e. The summed E-state index contributed by atoms with van der Waals surface area (Å²) in [5.41, 5.74) is 2.10. The molecule has 4 rings (SSSR count). The average molecular weight is 558 g/mol. The van der Waals surface area contributed by atoms with Crippen LogP contribution < -0.4 is 5.32 Å². The Labute approximate surface area is 243 Å². The molecule has 1 saturated carbocycles. The van der Waals surface area contributed by atoms with Crippen molar-refractivity contribution in [1.29, 1.82) is 0 Å². The molecule has 1 aromatic heterocycles. The van der Waals surface area contributed by atoms with Gasteiger partial charge in [0.15, 0.2) is 5.82 Å². The van der Waals surface area contributed by atoms with E-state index >= 15 is 0 Å². The molecule has 1 aliphatic rings. The van der Waals surface area contributed by atoms with Crippen LogP contribution in [0.1, 0.15) is 87.6 Å². The van der Waals surface area contributed by atoms with Gasteiger partial charge < -0.3 is 15.0 Å². The zero-order chi connectivity index (χ0) is 30.1. The summed E-state index contributed by atoms with van der Waals surface area (Å²) >= 11 is 0. The van der Waals surface area contributed by atoms with Crippen molar-refractivity contribution in [3.8, 4) is 11.1 Å². The maximum Gasteiger partial charge on any atom is 0.342 e. The lowest BCUT2D eigenvalue weighted by molar-refractivity contribution is -0.0922. The van der Waals surface area contributed by atoms with Crippen molar-refractivity contribution in [2.45, 2.75) is 74.3 Å². The smallest absolute Gasteiger partial charge is 0.342 e. The van der Waals surface area contributed by atoms with Gasteiger partial charge in [0, 0.05) is 23.0 Å². The first-order valence-electron chi connectivity index (χ1n) is 14.4. The van der Waals surface area contributed by atoms with Gasteiger partial charge in [0.1, 0.15) is 17.5 Å². The summed E-state index contributed by atoms with van der Waals surface area (Å²) < 4.78 is 6.52. The lowest BCUT2D eigenvalue weighted by Crippen LogP contribution is -2.49. The van der Waals surface area contributed by atoms with E-state index in [1.54, 1.807) is 24.3 Å². The number of H-pyrrole nitrogens is 1. The number of anilines is 1. The van der Waals surface area contributed by atoms with Crippen molar-refractivity contribution in [3.63, 3.8) is 0 Å². The maximum atomic E-state index is 14.3. The number of ether oxygens (including phenoxy) is 1. The minimum Gasteiger partial charge on any atom is -0.458 e. The lowest BCUT2D eigenvalue weighted by Gasteiger charge is -2.50. The zero-order valence-corrected chi connectivity index (χ0v) is 25.5. The Morgan fingerprint density at radius 2 is 1.46 bits per heavy atom. The summed E-state index contributed by atoms with van der Waals surface area (Å²) in [6.07, 6.45) is 1.56. The number of carbonyl (C=O) groups excluding carboxylic acids is 2. The molecule has 41 heavy (non-hydrogen) atoms. The van der Waals surface area contributed by atoms with E-state index < -0.39 is 11.9 Å². The van der Waals surface area contributed by atoms with Crippen LogP contribution in [0.2, 0.25) is 0 Å². The predicted molar refractivity (Wildman–Crippen MR) is 164 cm³/mol. The molecular weight excluding hydrogens is 514 g/mol. The van der Waals surface area contributed by atoms with Crippen LogP contribution in [0.5, 0.6) is 0 Å². The van der Waals surface area contributed by atoms with Gasteiger partial charge in [-0.05, 0) is 58.9 Å². The molecule has 2 unspecified atom stereocenters. The van der Waals surface area contributed by atoms with Gasteiger partial charge in [-0.2, -0.15) is 0 Å². The Morgan fingerprint density at radius 1 is 0.902 bits per heavy atom. The first-order valence-corrected chi connectivity index (χ1v) is 14.4. The van der Waals surface area contributed by atoms with E-state index in [0.29, 0.717) is 22.6 Å². The van der Waals surface area contributed by atoms with Crippen LogP contribution in [0.25, 0.3) is 11.1 Å². The highest BCUT2D eigenvalue weighted by atomic mass is 16.5. The van der Waals surface area contributed by atoms with Gasteiger partial charge in [-0.15, -0.1) is 4.91 Å². The second-order valence-electron chi connectivity index (χ2n) is 13.7. The van der Waals surface area contributed by atoms with Gasteiger partial charge in [-0.1, -0.05) is 97.0 Å². The van der Waals surface area contributed by atoms with Crippen LogP contribution in [-0.2, 0) is 4.74 Å². The number of nitrogens with zero attached hydrogens (tertiary/aromatic N) is 1. The number of aryl methyl sites for hydroxylation is 1. The molecule has 1 fully saturated rings. The molecule has 7 heteroatoms. The molecule has 1 amide bonds. The summed E-state index contributed by atoms with van der Waals surface area (Å²) in [5.74, 6) is -0.166. The van der Waals surface area contributed by atoms with Crippen molar-refractivity contribution in [2.75, 3.05) is 5.32 Å². The van der Waals surface area contributed by atoms with E-state index in [1.165, 1.54) is 0 Å². The van der Waals surface area contributed by atoms with Crippen molar-refractivity contribution in [1.82, 2.24) is 4.98 Å². The molecule has 3 aromatic rings. The van der Waals surface area contributed by atoms with E-state index in [0.717, 1.165) is 18.4 Å². The third-order valence-corrected chi connectivity index (χ3v) is 8.54. The summed E-state index contributed by atoms with van der Waals surface area (Å²) in [7, 11) is 0. The Hall–Kier alpha value is -3.74. The summed E-state index contributed by atoms with van der Waals surface area (Å²) in [6.45, 7) is 17.3. The Bertz CT molecular complexity index is 1390. The van der Waals surface area contributed by atoms with Gasteiger partial charge in [0.05, 0.1) is 0 Å². The monoisotopic (exact) mass is 557 g/mol. The van der Waals surface area contributed by atoms with Crippen LogP contribution in [0, 0.1) is 40.4 Å². The number of aromatic amines is 1. The van der Waals surface area contributed by atoms with E-state index in [4.69, 9.17) is 4.74 Å². The van der Waals surface area contributed by atoms with Crippen LogP contribution in [-0.4, -0.2) is 23.0 Å². The number of nitroso groups, excluding NO2 is 1. The van der Waals surface area contributed by atoms with E-state index in [9.17, 15) is 14.5 Å². The topological polar surface area (TPSA) is 101 Å².